The number of hydrogen-bond acceptors (Lipinski definition) is 2. The van der Waals surface area contributed by atoms with Gasteiger partial charge in [0.2, 0.25) is 0 Å². The summed E-state index contributed by atoms with van der Waals surface area (Å²) in [5, 5.41) is 4.61. The lowest BCUT2D eigenvalue weighted by atomic mass is 10.1. The molecule has 0 atom stereocenters. The van der Waals surface area contributed by atoms with Gasteiger partial charge in [0.1, 0.15) is 12.1 Å². The third-order valence-corrected chi connectivity index (χ3v) is 3.63. The maximum atomic E-state index is 4.61. The van der Waals surface area contributed by atoms with E-state index in [0.29, 0.717) is 0 Å². The third kappa shape index (κ3) is 1.92. The minimum absolute atomic E-state index is 0.964. The SMILES string of the molecule is Cn1nc(-c2ccccc2)cc1-n1cnc2ccccc21. The second-order valence-electron chi connectivity index (χ2n) is 4.98. The Kier molecular flexibility index (Phi) is 2.60. The van der Waals surface area contributed by atoms with Crippen LogP contribution < -0.4 is 0 Å². The molecular formula is C17H14N4. The maximum absolute atomic E-state index is 4.61. The number of hydrogen-bond donors (Lipinski definition) is 0. The van der Waals surface area contributed by atoms with Gasteiger partial charge < -0.3 is 0 Å². The molecule has 0 radical (unpaired) electrons. The van der Waals surface area contributed by atoms with E-state index >= 15 is 0 Å². The molecule has 4 nitrogen and oxygen atoms in total. The summed E-state index contributed by atoms with van der Waals surface area (Å²) in [4.78, 5) is 4.44. The van der Waals surface area contributed by atoms with Gasteiger partial charge in [-0.05, 0) is 12.1 Å². The van der Waals surface area contributed by atoms with E-state index in [1.165, 1.54) is 0 Å². The third-order valence-electron chi connectivity index (χ3n) is 3.63. The Bertz CT molecular complexity index is 903. The first kappa shape index (κ1) is 11.9. The molecule has 0 aliphatic rings. The van der Waals surface area contributed by atoms with Crippen LogP contribution in [0.3, 0.4) is 0 Å². The molecule has 4 heteroatoms. The van der Waals surface area contributed by atoms with Crippen LogP contribution >= 0.6 is 0 Å². The fourth-order valence-electron chi connectivity index (χ4n) is 2.57. The van der Waals surface area contributed by atoms with Crippen LogP contribution in [-0.4, -0.2) is 19.3 Å². The van der Waals surface area contributed by atoms with Gasteiger partial charge in [-0.3, -0.25) is 9.25 Å². The van der Waals surface area contributed by atoms with Crippen molar-refractivity contribution in [2.45, 2.75) is 0 Å². The molecule has 2 heterocycles. The lowest BCUT2D eigenvalue weighted by molar-refractivity contribution is 0.737. The Morgan fingerprint density at radius 3 is 2.52 bits per heavy atom. The molecule has 0 bridgehead atoms. The first-order valence-electron chi connectivity index (χ1n) is 6.85. The van der Waals surface area contributed by atoms with E-state index in [0.717, 1.165) is 28.1 Å². The number of benzene rings is 2. The quantitative estimate of drug-likeness (QED) is 0.561. The fourth-order valence-corrected chi connectivity index (χ4v) is 2.57. The highest BCUT2D eigenvalue weighted by Crippen LogP contribution is 2.23. The van der Waals surface area contributed by atoms with Crippen LogP contribution in [-0.2, 0) is 7.05 Å². The van der Waals surface area contributed by atoms with E-state index in [1.807, 2.05) is 54.5 Å². The Morgan fingerprint density at radius 1 is 0.905 bits per heavy atom. The van der Waals surface area contributed by atoms with Gasteiger partial charge in [-0.15, -0.1) is 0 Å². The summed E-state index contributed by atoms with van der Waals surface area (Å²) in [5.41, 5.74) is 4.15. The molecule has 0 spiro atoms. The summed E-state index contributed by atoms with van der Waals surface area (Å²) < 4.78 is 3.95. The molecule has 4 aromatic rings. The molecule has 102 valence electrons. The largest absolute Gasteiger partial charge is 0.283 e. The number of para-hydroxylation sites is 2. The van der Waals surface area contributed by atoms with Crippen molar-refractivity contribution in [3.8, 4) is 17.1 Å². The van der Waals surface area contributed by atoms with Crippen LogP contribution in [0.15, 0.2) is 67.0 Å². The molecule has 21 heavy (non-hydrogen) atoms. The number of nitrogens with zero attached hydrogens (tertiary/aromatic N) is 4. The Morgan fingerprint density at radius 2 is 1.67 bits per heavy atom. The summed E-state index contributed by atoms with van der Waals surface area (Å²) in [5.74, 6) is 1.00. The Labute approximate surface area is 122 Å². The van der Waals surface area contributed by atoms with E-state index in [1.54, 1.807) is 0 Å². The number of aryl methyl sites for hydroxylation is 1. The first-order valence-corrected chi connectivity index (χ1v) is 6.85. The maximum Gasteiger partial charge on any atom is 0.137 e. The second-order valence-corrected chi connectivity index (χ2v) is 4.98. The van der Waals surface area contributed by atoms with Crippen molar-refractivity contribution in [1.82, 2.24) is 19.3 Å². The molecule has 2 aromatic carbocycles. The van der Waals surface area contributed by atoms with Crippen molar-refractivity contribution in [2.24, 2.45) is 7.05 Å². The molecule has 0 unspecified atom stereocenters. The summed E-state index contributed by atoms with van der Waals surface area (Å²) in [6, 6.07) is 20.4. The predicted octanol–water partition coefficient (Wildman–Crippen LogP) is 3.43. The van der Waals surface area contributed by atoms with Gasteiger partial charge in [0, 0.05) is 18.7 Å². The van der Waals surface area contributed by atoms with Crippen molar-refractivity contribution < 1.29 is 0 Å². The topological polar surface area (TPSA) is 35.6 Å². The lowest BCUT2D eigenvalue weighted by Crippen LogP contribution is -2.01. The van der Waals surface area contributed by atoms with E-state index in [-0.39, 0.29) is 0 Å². The summed E-state index contributed by atoms with van der Waals surface area (Å²) in [6.45, 7) is 0. The second kappa shape index (κ2) is 4.59. The van der Waals surface area contributed by atoms with E-state index < -0.39 is 0 Å². The standard InChI is InChI=1S/C17H14N4/c1-20-17(11-15(19-20)13-7-3-2-4-8-13)21-12-18-14-9-5-6-10-16(14)21/h2-12H,1H3. The summed E-state index contributed by atoms with van der Waals surface area (Å²) in [7, 11) is 1.95. The highest BCUT2D eigenvalue weighted by molar-refractivity contribution is 5.77. The van der Waals surface area contributed by atoms with Gasteiger partial charge in [0.15, 0.2) is 0 Å². The minimum atomic E-state index is 0.964. The van der Waals surface area contributed by atoms with Gasteiger partial charge in [0.25, 0.3) is 0 Å². The molecule has 0 amide bonds. The summed E-state index contributed by atoms with van der Waals surface area (Å²) in [6.07, 6.45) is 1.84. The fraction of sp³-hybridized carbons (Fsp3) is 0.0588. The molecule has 0 fully saturated rings. The van der Waals surface area contributed by atoms with Gasteiger partial charge in [0.05, 0.1) is 16.7 Å². The van der Waals surface area contributed by atoms with E-state index in [9.17, 15) is 0 Å². The number of fused-ring (bicyclic) bond motifs is 1. The van der Waals surface area contributed by atoms with Crippen molar-refractivity contribution in [2.75, 3.05) is 0 Å². The van der Waals surface area contributed by atoms with E-state index in [4.69, 9.17) is 0 Å². The molecule has 0 aliphatic heterocycles. The number of imidazole rings is 1. The van der Waals surface area contributed by atoms with Crippen molar-refractivity contribution in [1.29, 1.82) is 0 Å². The highest BCUT2D eigenvalue weighted by Gasteiger charge is 2.11. The lowest BCUT2D eigenvalue weighted by Gasteiger charge is -2.03. The van der Waals surface area contributed by atoms with Gasteiger partial charge in [-0.2, -0.15) is 5.10 Å². The van der Waals surface area contributed by atoms with Gasteiger partial charge in [-0.25, -0.2) is 4.98 Å². The average molecular weight is 274 g/mol. The van der Waals surface area contributed by atoms with Gasteiger partial charge in [-0.1, -0.05) is 42.5 Å². The highest BCUT2D eigenvalue weighted by atomic mass is 15.3. The minimum Gasteiger partial charge on any atom is -0.283 e. The zero-order valence-corrected chi connectivity index (χ0v) is 11.6. The molecular weight excluding hydrogens is 260 g/mol. The molecule has 0 N–H and O–H groups in total. The van der Waals surface area contributed by atoms with Crippen LogP contribution in [0.1, 0.15) is 0 Å². The number of rotatable bonds is 2. The zero-order valence-electron chi connectivity index (χ0n) is 11.6. The Balaban J connectivity index is 1.88. The zero-order chi connectivity index (χ0) is 14.2. The van der Waals surface area contributed by atoms with Crippen LogP contribution in [0.25, 0.3) is 28.1 Å². The normalized spacial score (nSPS) is 11.1. The summed E-state index contributed by atoms with van der Waals surface area (Å²) >= 11 is 0. The van der Waals surface area contributed by atoms with Crippen molar-refractivity contribution >= 4 is 11.0 Å². The van der Waals surface area contributed by atoms with Crippen LogP contribution in [0.4, 0.5) is 0 Å². The van der Waals surface area contributed by atoms with Crippen molar-refractivity contribution in [3.63, 3.8) is 0 Å². The van der Waals surface area contributed by atoms with Crippen LogP contribution in [0, 0.1) is 0 Å². The average Bonchev–Trinajstić information content (AvgIpc) is 3.11. The predicted molar refractivity (Wildman–Crippen MR) is 83.3 cm³/mol. The molecule has 0 saturated heterocycles. The van der Waals surface area contributed by atoms with Crippen molar-refractivity contribution in [3.05, 3.63) is 67.0 Å². The van der Waals surface area contributed by atoms with Crippen LogP contribution in [0.2, 0.25) is 0 Å². The molecule has 4 rings (SSSR count). The van der Waals surface area contributed by atoms with E-state index in [2.05, 4.69) is 38.9 Å². The first-order chi connectivity index (χ1) is 10.3. The molecule has 0 aliphatic carbocycles. The number of aromatic nitrogens is 4. The van der Waals surface area contributed by atoms with Gasteiger partial charge >= 0.3 is 0 Å². The molecule has 2 aromatic heterocycles. The molecule has 0 saturated carbocycles. The monoisotopic (exact) mass is 274 g/mol. The Hall–Kier alpha value is -2.88. The smallest absolute Gasteiger partial charge is 0.137 e. The van der Waals surface area contributed by atoms with Crippen LogP contribution in [0.5, 0.6) is 0 Å².